The van der Waals surface area contributed by atoms with Crippen LogP contribution in [0, 0.1) is 11.3 Å². The Hall–Kier alpha value is -0.760. The Morgan fingerprint density at radius 3 is 2.82 bits per heavy atom. The molecule has 0 bridgehead atoms. The summed E-state index contributed by atoms with van der Waals surface area (Å²) in [4.78, 5) is 0. The summed E-state index contributed by atoms with van der Waals surface area (Å²) < 4.78 is 6.02. The minimum absolute atomic E-state index is 0.179. The van der Waals surface area contributed by atoms with Crippen LogP contribution in [-0.2, 0) is 4.74 Å². The summed E-state index contributed by atoms with van der Waals surface area (Å²) >= 11 is 9.28. The molecular formula is C12H12BrClN2O. The highest BCUT2D eigenvalue weighted by molar-refractivity contribution is 9.10. The molecule has 1 fully saturated rings. The van der Waals surface area contributed by atoms with Crippen LogP contribution >= 0.6 is 27.5 Å². The fourth-order valence-corrected chi connectivity index (χ4v) is 2.45. The van der Waals surface area contributed by atoms with Crippen molar-refractivity contribution >= 4 is 33.2 Å². The number of hydrogen-bond donors (Lipinski definition) is 1. The summed E-state index contributed by atoms with van der Waals surface area (Å²) in [6.07, 6.45) is 1.60. The lowest BCUT2D eigenvalue weighted by Crippen LogP contribution is -2.52. The van der Waals surface area contributed by atoms with Gasteiger partial charge in [0.15, 0.2) is 0 Å². The molecule has 0 aliphatic heterocycles. The highest BCUT2D eigenvalue weighted by Crippen LogP contribution is 2.37. The molecule has 1 aliphatic carbocycles. The SMILES string of the molecule is COC1CC(C#N)(Nc2ccc(Cl)c(Br)c2)C1. The van der Waals surface area contributed by atoms with Crippen LogP contribution in [0.15, 0.2) is 22.7 Å². The van der Waals surface area contributed by atoms with Crippen LogP contribution in [0.5, 0.6) is 0 Å². The number of halogens is 2. The third-order valence-electron chi connectivity index (χ3n) is 3.00. The first-order valence-corrected chi connectivity index (χ1v) is 6.43. The fraction of sp³-hybridized carbons (Fsp3) is 0.417. The number of ether oxygens (including phenoxy) is 1. The van der Waals surface area contributed by atoms with Gasteiger partial charge in [-0.05, 0) is 34.1 Å². The van der Waals surface area contributed by atoms with E-state index in [1.165, 1.54) is 0 Å². The van der Waals surface area contributed by atoms with Crippen molar-refractivity contribution in [2.45, 2.75) is 24.5 Å². The fourth-order valence-electron chi connectivity index (χ4n) is 1.96. The molecule has 1 N–H and O–H groups in total. The van der Waals surface area contributed by atoms with Crippen LogP contribution in [0.2, 0.25) is 5.02 Å². The highest BCUT2D eigenvalue weighted by Gasteiger charge is 2.45. The zero-order valence-corrected chi connectivity index (χ0v) is 11.7. The largest absolute Gasteiger partial charge is 0.381 e. The summed E-state index contributed by atoms with van der Waals surface area (Å²) in [6.45, 7) is 0. The molecule has 0 atom stereocenters. The van der Waals surface area contributed by atoms with Crippen LogP contribution in [0.1, 0.15) is 12.8 Å². The maximum atomic E-state index is 9.23. The average Bonchev–Trinajstić information content (AvgIpc) is 2.28. The van der Waals surface area contributed by atoms with Crippen molar-refractivity contribution in [1.82, 2.24) is 0 Å². The Labute approximate surface area is 114 Å². The summed E-state index contributed by atoms with van der Waals surface area (Å²) in [5.41, 5.74) is 0.380. The van der Waals surface area contributed by atoms with Crippen LogP contribution in [0.3, 0.4) is 0 Å². The Morgan fingerprint density at radius 2 is 2.29 bits per heavy atom. The molecule has 2 rings (SSSR count). The number of anilines is 1. The summed E-state index contributed by atoms with van der Waals surface area (Å²) in [5.74, 6) is 0. The first-order chi connectivity index (χ1) is 8.08. The average molecular weight is 316 g/mol. The zero-order chi connectivity index (χ0) is 12.5. The van der Waals surface area contributed by atoms with Gasteiger partial charge in [-0.1, -0.05) is 11.6 Å². The van der Waals surface area contributed by atoms with E-state index in [1.54, 1.807) is 13.2 Å². The molecule has 90 valence electrons. The van der Waals surface area contributed by atoms with E-state index in [4.69, 9.17) is 16.3 Å². The number of nitrogens with zero attached hydrogens (tertiary/aromatic N) is 1. The molecule has 5 heteroatoms. The second-order valence-electron chi connectivity index (χ2n) is 4.21. The third kappa shape index (κ3) is 2.57. The quantitative estimate of drug-likeness (QED) is 0.927. The standard InChI is InChI=1S/C12H12BrClN2O/c1-17-9-5-12(6-9,7-15)16-8-2-3-11(14)10(13)4-8/h2-4,9,16H,5-6H2,1H3. The molecule has 0 spiro atoms. The molecule has 1 aliphatic rings. The topological polar surface area (TPSA) is 45.0 Å². The lowest BCUT2D eigenvalue weighted by molar-refractivity contribution is 0.0129. The molecule has 0 unspecified atom stereocenters. The minimum atomic E-state index is -0.506. The van der Waals surface area contributed by atoms with Gasteiger partial charge in [0.1, 0.15) is 5.54 Å². The van der Waals surface area contributed by atoms with Crippen LogP contribution < -0.4 is 5.32 Å². The van der Waals surface area contributed by atoms with E-state index in [-0.39, 0.29) is 6.10 Å². The smallest absolute Gasteiger partial charge is 0.130 e. The molecule has 0 amide bonds. The predicted octanol–water partition coefficient (Wildman–Crippen LogP) is 3.59. The molecule has 0 saturated heterocycles. The highest BCUT2D eigenvalue weighted by atomic mass is 79.9. The van der Waals surface area contributed by atoms with E-state index in [1.807, 2.05) is 12.1 Å². The molecule has 1 saturated carbocycles. The van der Waals surface area contributed by atoms with Crippen LogP contribution in [0.25, 0.3) is 0 Å². The van der Waals surface area contributed by atoms with Crippen molar-refractivity contribution in [1.29, 1.82) is 5.26 Å². The molecule has 1 aromatic rings. The summed E-state index contributed by atoms with van der Waals surface area (Å²) in [6, 6.07) is 7.86. The van der Waals surface area contributed by atoms with Gasteiger partial charge in [-0.25, -0.2) is 0 Å². The lowest BCUT2D eigenvalue weighted by atomic mass is 9.75. The van der Waals surface area contributed by atoms with E-state index in [0.29, 0.717) is 17.9 Å². The molecule has 17 heavy (non-hydrogen) atoms. The first kappa shape index (κ1) is 12.7. The Kier molecular flexibility index (Phi) is 3.62. The van der Waals surface area contributed by atoms with Gasteiger partial charge in [-0.3, -0.25) is 0 Å². The summed E-state index contributed by atoms with van der Waals surface area (Å²) in [5, 5.41) is 13.1. The number of nitriles is 1. The second kappa shape index (κ2) is 4.85. The number of hydrogen-bond acceptors (Lipinski definition) is 3. The van der Waals surface area contributed by atoms with Gasteiger partial charge in [0, 0.05) is 30.1 Å². The van der Waals surface area contributed by atoms with Crippen molar-refractivity contribution in [3.8, 4) is 6.07 Å². The summed E-state index contributed by atoms with van der Waals surface area (Å²) in [7, 11) is 1.67. The molecule has 1 aromatic carbocycles. The molecule has 0 heterocycles. The van der Waals surface area contributed by atoms with Gasteiger partial charge < -0.3 is 10.1 Å². The van der Waals surface area contributed by atoms with Crippen molar-refractivity contribution in [2.24, 2.45) is 0 Å². The van der Waals surface area contributed by atoms with Gasteiger partial charge in [0.2, 0.25) is 0 Å². The van der Waals surface area contributed by atoms with Crippen molar-refractivity contribution in [2.75, 3.05) is 12.4 Å². The normalized spacial score (nSPS) is 27.1. The van der Waals surface area contributed by atoms with Gasteiger partial charge in [0.25, 0.3) is 0 Å². The van der Waals surface area contributed by atoms with Gasteiger partial charge in [-0.15, -0.1) is 0 Å². The van der Waals surface area contributed by atoms with E-state index >= 15 is 0 Å². The van der Waals surface area contributed by atoms with E-state index in [0.717, 1.165) is 10.2 Å². The Balaban J connectivity index is 2.10. The van der Waals surface area contributed by atoms with Gasteiger partial charge in [0.05, 0.1) is 17.2 Å². The zero-order valence-electron chi connectivity index (χ0n) is 9.34. The maximum absolute atomic E-state index is 9.23. The number of benzene rings is 1. The number of nitrogens with one attached hydrogen (secondary N) is 1. The van der Waals surface area contributed by atoms with Gasteiger partial charge in [-0.2, -0.15) is 5.26 Å². The Morgan fingerprint density at radius 1 is 1.59 bits per heavy atom. The van der Waals surface area contributed by atoms with Gasteiger partial charge >= 0.3 is 0 Å². The molecular weight excluding hydrogens is 304 g/mol. The minimum Gasteiger partial charge on any atom is -0.381 e. The molecule has 3 nitrogen and oxygen atoms in total. The van der Waals surface area contributed by atoms with Crippen molar-refractivity contribution in [3.63, 3.8) is 0 Å². The van der Waals surface area contributed by atoms with Crippen LogP contribution in [-0.4, -0.2) is 18.8 Å². The van der Waals surface area contributed by atoms with Crippen molar-refractivity contribution in [3.05, 3.63) is 27.7 Å². The lowest BCUT2D eigenvalue weighted by Gasteiger charge is -2.42. The second-order valence-corrected chi connectivity index (χ2v) is 5.48. The van der Waals surface area contributed by atoms with Crippen molar-refractivity contribution < 1.29 is 4.74 Å². The molecule has 0 radical (unpaired) electrons. The monoisotopic (exact) mass is 314 g/mol. The number of methoxy groups -OCH3 is 1. The van der Waals surface area contributed by atoms with E-state index in [2.05, 4.69) is 27.3 Å². The number of rotatable bonds is 3. The van der Waals surface area contributed by atoms with E-state index in [9.17, 15) is 5.26 Å². The molecule has 0 aromatic heterocycles. The van der Waals surface area contributed by atoms with Crippen LogP contribution in [0.4, 0.5) is 5.69 Å². The first-order valence-electron chi connectivity index (χ1n) is 5.26. The maximum Gasteiger partial charge on any atom is 0.130 e. The Bertz CT molecular complexity index is 466. The predicted molar refractivity (Wildman–Crippen MR) is 71.1 cm³/mol. The van der Waals surface area contributed by atoms with E-state index < -0.39 is 5.54 Å². The third-order valence-corrected chi connectivity index (χ3v) is 4.22.